The quantitative estimate of drug-likeness (QED) is 0.652. The fraction of sp³-hybridized carbons (Fsp3) is 0.238. The van der Waals surface area contributed by atoms with Crippen LogP contribution < -0.4 is 5.32 Å². The summed E-state index contributed by atoms with van der Waals surface area (Å²) < 4.78 is 15.8. The zero-order chi connectivity index (χ0) is 19.0. The summed E-state index contributed by atoms with van der Waals surface area (Å²) >= 11 is 3.23. The van der Waals surface area contributed by atoms with E-state index in [0.29, 0.717) is 16.0 Å². The molecule has 0 atom stereocenters. The number of aromatic nitrogens is 2. The summed E-state index contributed by atoms with van der Waals surface area (Å²) in [5.41, 5.74) is 3.70. The van der Waals surface area contributed by atoms with Crippen molar-refractivity contribution in [2.24, 2.45) is 0 Å². The molecule has 1 amide bonds. The van der Waals surface area contributed by atoms with Gasteiger partial charge in [-0.05, 0) is 83.1 Å². The van der Waals surface area contributed by atoms with Gasteiger partial charge in [-0.25, -0.2) is 9.37 Å². The standard InChI is InChI=1S/C21H19BrFN3O/c1-13-8-17(26-7-6-24-12-26)3-4-18(13)21(27)25-16-9-15(10-16)14-2-5-20(23)19(22)11-14/h2-8,11-12,15-16H,9-10H2,1H3,(H,25,27). The number of halogens is 2. The number of hydrogen-bond acceptors (Lipinski definition) is 2. The van der Waals surface area contributed by atoms with Crippen molar-refractivity contribution in [3.05, 3.63) is 82.1 Å². The second-order valence-corrected chi connectivity index (χ2v) is 7.84. The van der Waals surface area contributed by atoms with Crippen molar-refractivity contribution >= 4 is 21.8 Å². The van der Waals surface area contributed by atoms with Gasteiger partial charge in [0.1, 0.15) is 5.82 Å². The van der Waals surface area contributed by atoms with Crippen molar-refractivity contribution in [1.82, 2.24) is 14.9 Å². The van der Waals surface area contributed by atoms with E-state index in [4.69, 9.17) is 0 Å². The van der Waals surface area contributed by atoms with Gasteiger partial charge in [-0.3, -0.25) is 4.79 Å². The van der Waals surface area contributed by atoms with Gasteiger partial charge in [0.2, 0.25) is 0 Å². The van der Waals surface area contributed by atoms with Crippen LogP contribution in [0, 0.1) is 12.7 Å². The van der Waals surface area contributed by atoms with Gasteiger partial charge in [-0.2, -0.15) is 0 Å². The molecular formula is C21H19BrFN3O. The van der Waals surface area contributed by atoms with Crippen LogP contribution in [0.15, 0.2) is 59.6 Å². The molecular weight excluding hydrogens is 409 g/mol. The summed E-state index contributed by atoms with van der Waals surface area (Å²) in [4.78, 5) is 16.7. The number of carbonyl (C=O) groups is 1. The lowest BCUT2D eigenvalue weighted by atomic mass is 9.76. The number of nitrogens with one attached hydrogen (secondary N) is 1. The summed E-state index contributed by atoms with van der Waals surface area (Å²) in [7, 11) is 0. The fourth-order valence-electron chi connectivity index (χ4n) is 3.51. The number of benzene rings is 2. The van der Waals surface area contributed by atoms with Crippen molar-refractivity contribution in [3.63, 3.8) is 0 Å². The number of nitrogens with zero attached hydrogens (tertiary/aromatic N) is 2. The van der Waals surface area contributed by atoms with Crippen molar-refractivity contribution in [2.75, 3.05) is 0 Å². The fourth-order valence-corrected chi connectivity index (χ4v) is 3.91. The molecule has 3 aromatic rings. The molecule has 0 radical (unpaired) electrons. The van der Waals surface area contributed by atoms with E-state index in [1.54, 1.807) is 12.5 Å². The molecule has 4 nitrogen and oxygen atoms in total. The Hall–Kier alpha value is -2.47. The smallest absolute Gasteiger partial charge is 0.251 e. The molecule has 27 heavy (non-hydrogen) atoms. The molecule has 138 valence electrons. The van der Waals surface area contributed by atoms with Gasteiger partial charge in [-0.1, -0.05) is 6.07 Å². The predicted octanol–water partition coefficient (Wildman–Crippen LogP) is 4.76. The first-order valence-electron chi connectivity index (χ1n) is 8.86. The van der Waals surface area contributed by atoms with Gasteiger partial charge in [0.15, 0.2) is 0 Å². The van der Waals surface area contributed by atoms with Crippen molar-refractivity contribution < 1.29 is 9.18 Å². The minimum Gasteiger partial charge on any atom is -0.349 e. The number of amides is 1. The third-order valence-electron chi connectivity index (χ3n) is 5.15. The number of imidazole rings is 1. The molecule has 2 aromatic carbocycles. The van der Waals surface area contributed by atoms with Crippen molar-refractivity contribution in [3.8, 4) is 5.69 Å². The normalized spacial score (nSPS) is 18.8. The van der Waals surface area contributed by atoms with Crippen molar-refractivity contribution in [2.45, 2.75) is 31.7 Å². The van der Waals surface area contributed by atoms with Gasteiger partial charge in [0, 0.05) is 29.7 Å². The largest absolute Gasteiger partial charge is 0.349 e. The van der Waals surface area contributed by atoms with Crippen LogP contribution in [0.3, 0.4) is 0 Å². The van der Waals surface area contributed by atoms with Crippen LogP contribution in [-0.4, -0.2) is 21.5 Å². The minimum absolute atomic E-state index is 0.0478. The van der Waals surface area contributed by atoms with Gasteiger partial charge in [-0.15, -0.1) is 0 Å². The molecule has 0 spiro atoms. The Morgan fingerprint density at radius 3 is 2.74 bits per heavy atom. The third-order valence-corrected chi connectivity index (χ3v) is 5.75. The highest BCUT2D eigenvalue weighted by Gasteiger charge is 2.32. The summed E-state index contributed by atoms with van der Waals surface area (Å²) in [6.45, 7) is 1.94. The van der Waals surface area contributed by atoms with E-state index in [-0.39, 0.29) is 17.8 Å². The highest BCUT2D eigenvalue weighted by Crippen LogP contribution is 2.38. The number of rotatable bonds is 4. The van der Waals surface area contributed by atoms with Crippen LogP contribution in [0.25, 0.3) is 5.69 Å². The highest BCUT2D eigenvalue weighted by atomic mass is 79.9. The number of hydrogen-bond donors (Lipinski definition) is 1. The average molecular weight is 428 g/mol. The highest BCUT2D eigenvalue weighted by molar-refractivity contribution is 9.10. The zero-order valence-electron chi connectivity index (χ0n) is 14.8. The second kappa shape index (κ2) is 7.27. The molecule has 1 heterocycles. The van der Waals surface area contributed by atoms with Crippen LogP contribution in [0.1, 0.15) is 40.2 Å². The Labute approximate surface area is 165 Å². The van der Waals surface area contributed by atoms with E-state index in [1.165, 1.54) is 6.07 Å². The average Bonchev–Trinajstić information content (AvgIpc) is 3.14. The zero-order valence-corrected chi connectivity index (χ0v) is 16.4. The van der Waals surface area contributed by atoms with E-state index in [2.05, 4.69) is 26.2 Å². The minimum atomic E-state index is -0.252. The Morgan fingerprint density at radius 2 is 2.07 bits per heavy atom. The Morgan fingerprint density at radius 1 is 1.26 bits per heavy atom. The van der Waals surface area contributed by atoms with Crippen LogP contribution in [0.4, 0.5) is 4.39 Å². The van der Waals surface area contributed by atoms with Crippen molar-refractivity contribution in [1.29, 1.82) is 0 Å². The van der Waals surface area contributed by atoms with Gasteiger partial charge >= 0.3 is 0 Å². The number of carbonyl (C=O) groups excluding carboxylic acids is 1. The molecule has 1 aromatic heterocycles. The van der Waals surface area contributed by atoms with Gasteiger partial charge < -0.3 is 9.88 Å². The maximum absolute atomic E-state index is 13.4. The maximum Gasteiger partial charge on any atom is 0.251 e. The topological polar surface area (TPSA) is 46.9 Å². The van der Waals surface area contributed by atoms with E-state index < -0.39 is 0 Å². The summed E-state index contributed by atoms with van der Waals surface area (Å²) in [6, 6.07) is 11.0. The molecule has 1 N–H and O–H groups in total. The Kier molecular flexibility index (Phi) is 4.83. The SMILES string of the molecule is Cc1cc(-n2ccnc2)ccc1C(=O)NC1CC(c2ccc(F)c(Br)c2)C1. The second-order valence-electron chi connectivity index (χ2n) is 6.98. The monoisotopic (exact) mass is 427 g/mol. The third kappa shape index (κ3) is 3.67. The summed E-state index contributed by atoms with van der Waals surface area (Å²) in [5.74, 6) is 0.0582. The molecule has 0 aliphatic heterocycles. The van der Waals surface area contributed by atoms with Crippen LogP contribution in [0.2, 0.25) is 0 Å². The Bertz CT molecular complexity index is 981. The first-order chi connectivity index (χ1) is 13.0. The summed E-state index contributed by atoms with van der Waals surface area (Å²) in [5, 5.41) is 3.11. The first kappa shape index (κ1) is 17.9. The summed E-state index contributed by atoms with van der Waals surface area (Å²) in [6.07, 6.45) is 7.07. The van der Waals surface area contributed by atoms with E-state index in [1.807, 2.05) is 48.0 Å². The lowest BCUT2D eigenvalue weighted by Crippen LogP contribution is -2.43. The van der Waals surface area contributed by atoms with E-state index in [0.717, 1.165) is 29.7 Å². The lowest BCUT2D eigenvalue weighted by molar-refractivity contribution is 0.0908. The molecule has 0 saturated heterocycles. The maximum atomic E-state index is 13.4. The predicted molar refractivity (Wildman–Crippen MR) is 106 cm³/mol. The van der Waals surface area contributed by atoms with Gasteiger partial charge in [0.05, 0.1) is 10.8 Å². The van der Waals surface area contributed by atoms with Crippen LogP contribution in [0.5, 0.6) is 0 Å². The molecule has 1 fully saturated rings. The molecule has 1 aliphatic carbocycles. The van der Waals surface area contributed by atoms with E-state index >= 15 is 0 Å². The molecule has 1 saturated carbocycles. The molecule has 0 unspecified atom stereocenters. The van der Waals surface area contributed by atoms with E-state index in [9.17, 15) is 9.18 Å². The molecule has 6 heteroatoms. The lowest BCUT2D eigenvalue weighted by Gasteiger charge is -2.36. The first-order valence-corrected chi connectivity index (χ1v) is 9.65. The molecule has 1 aliphatic rings. The molecule has 4 rings (SSSR count). The van der Waals surface area contributed by atoms with Crippen LogP contribution in [-0.2, 0) is 0 Å². The Balaban J connectivity index is 1.38. The van der Waals surface area contributed by atoms with Gasteiger partial charge in [0.25, 0.3) is 5.91 Å². The van der Waals surface area contributed by atoms with Crippen LogP contribution >= 0.6 is 15.9 Å². The number of aryl methyl sites for hydroxylation is 1. The molecule has 0 bridgehead atoms.